The first-order valence-electron chi connectivity index (χ1n) is 7.59. The van der Waals surface area contributed by atoms with Crippen molar-refractivity contribution in [3.8, 4) is 0 Å². The van der Waals surface area contributed by atoms with Crippen LogP contribution in [0.15, 0.2) is 23.2 Å². The SMILES string of the molecule is CCNC(=NCCc1c(Cl)cccc1Cl)NC1CCS(=O)(=O)C1. The van der Waals surface area contributed by atoms with Gasteiger partial charge in [0.2, 0.25) is 0 Å². The number of halogens is 2. The third-order valence-corrected chi connectivity index (χ3v) is 6.09. The molecule has 1 atom stereocenters. The van der Waals surface area contributed by atoms with Gasteiger partial charge in [0.25, 0.3) is 0 Å². The second kappa shape index (κ2) is 8.22. The van der Waals surface area contributed by atoms with Crippen LogP contribution in [0.1, 0.15) is 18.9 Å². The largest absolute Gasteiger partial charge is 0.357 e. The Hall–Kier alpha value is -0.980. The average molecular weight is 378 g/mol. The molecule has 0 radical (unpaired) electrons. The van der Waals surface area contributed by atoms with Gasteiger partial charge in [0.05, 0.1) is 11.5 Å². The molecule has 1 saturated heterocycles. The molecule has 1 fully saturated rings. The number of sulfone groups is 1. The van der Waals surface area contributed by atoms with Crippen molar-refractivity contribution in [2.75, 3.05) is 24.6 Å². The van der Waals surface area contributed by atoms with Gasteiger partial charge in [-0.25, -0.2) is 8.42 Å². The molecule has 2 N–H and O–H groups in total. The van der Waals surface area contributed by atoms with Crippen molar-refractivity contribution in [1.29, 1.82) is 0 Å². The van der Waals surface area contributed by atoms with E-state index in [0.29, 0.717) is 41.9 Å². The van der Waals surface area contributed by atoms with E-state index in [1.165, 1.54) is 0 Å². The zero-order valence-electron chi connectivity index (χ0n) is 13.0. The van der Waals surface area contributed by atoms with E-state index >= 15 is 0 Å². The molecule has 1 heterocycles. The first-order chi connectivity index (χ1) is 10.9. The monoisotopic (exact) mass is 377 g/mol. The molecular weight excluding hydrogens is 357 g/mol. The first kappa shape index (κ1) is 18.4. The number of nitrogens with zero attached hydrogens (tertiary/aromatic N) is 1. The lowest BCUT2D eigenvalue weighted by molar-refractivity contribution is 0.599. The Morgan fingerprint density at radius 3 is 2.61 bits per heavy atom. The third-order valence-electron chi connectivity index (χ3n) is 3.61. The minimum absolute atomic E-state index is 0.0818. The molecule has 1 unspecified atom stereocenters. The lowest BCUT2D eigenvalue weighted by Crippen LogP contribution is -2.44. The molecule has 0 amide bonds. The van der Waals surface area contributed by atoms with E-state index in [1.807, 2.05) is 13.0 Å². The predicted octanol–water partition coefficient (Wildman–Crippen LogP) is 2.28. The second-order valence-electron chi connectivity index (χ2n) is 5.46. The Bertz CT molecular complexity index is 657. The summed E-state index contributed by atoms with van der Waals surface area (Å²) >= 11 is 12.3. The summed E-state index contributed by atoms with van der Waals surface area (Å²) in [7, 11) is -2.91. The topological polar surface area (TPSA) is 70.6 Å². The summed E-state index contributed by atoms with van der Waals surface area (Å²) in [6, 6.07) is 5.34. The van der Waals surface area contributed by atoms with Crippen LogP contribution in [0.2, 0.25) is 10.0 Å². The number of guanidine groups is 1. The van der Waals surface area contributed by atoms with E-state index < -0.39 is 9.84 Å². The minimum Gasteiger partial charge on any atom is -0.357 e. The number of rotatable bonds is 5. The maximum Gasteiger partial charge on any atom is 0.191 e. The lowest BCUT2D eigenvalue weighted by atomic mass is 10.1. The van der Waals surface area contributed by atoms with Crippen LogP contribution in [-0.2, 0) is 16.3 Å². The molecule has 0 saturated carbocycles. The summed E-state index contributed by atoms with van der Waals surface area (Å²) in [4.78, 5) is 4.48. The smallest absolute Gasteiger partial charge is 0.191 e. The molecule has 0 bridgehead atoms. The predicted molar refractivity (Wildman–Crippen MR) is 96.3 cm³/mol. The van der Waals surface area contributed by atoms with Crippen LogP contribution in [0.4, 0.5) is 0 Å². The Morgan fingerprint density at radius 2 is 2.04 bits per heavy atom. The summed E-state index contributed by atoms with van der Waals surface area (Å²) in [6.45, 7) is 3.18. The van der Waals surface area contributed by atoms with Gasteiger partial charge in [-0.05, 0) is 37.5 Å². The van der Waals surface area contributed by atoms with E-state index in [2.05, 4.69) is 15.6 Å². The molecule has 0 aliphatic carbocycles. The fourth-order valence-corrected chi connectivity index (χ4v) is 4.73. The summed E-state index contributed by atoms with van der Waals surface area (Å²) in [5.41, 5.74) is 0.874. The van der Waals surface area contributed by atoms with Crippen molar-refractivity contribution in [3.63, 3.8) is 0 Å². The maximum atomic E-state index is 11.5. The summed E-state index contributed by atoms with van der Waals surface area (Å²) in [6.07, 6.45) is 1.24. The molecule has 0 spiro atoms. The van der Waals surface area contributed by atoms with Crippen molar-refractivity contribution in [2.45, 2.75) is 25.8 Å². The van der Waals surface area contributed by atoms with Gasteiger partial charge in [0, 0.05) is 29.2 Å². The molecule has 23 heavy (non-hydrogen) atoms. The lowest BCUT2D eigenvalue weighted by Gasteiger charge is -2.16. The average Bonchev–Trinajstić information content (AvgIpc) is 2.81. The van der Waals surface area contributed by atoms with E-state index in [-0.39, 0.29) is 17.5 Å². The molecule has 2 rings (SSSR count). The molecule has 1 aliphatic heterocycles. The highest BCUT2D eigenvalue weighted by Gasteiger charge is 2.28. The second-order valence-corrected chi connectivity index (χ2v) is 8.50. The number of hydrogen-bond donors (Lipinski definition) is 2. The van der Waals surface area contributed by atoms with Crippen molar-refractivity contribution < 1.29 is 8.42 Å². The van der Waals surface area contributed by atoms with Crippen molar-refractivity contribution in [1.82, 2.24) is 10.6 Å². The van der Waals surface area contributed by atoms with Gasteiger partial charge < -0.3 is 10.6 Å². The van der Waals surface area contributed by atoms with Gasteiger partial charge >= 0.3 is 0 Å². The normalized spacial score (nSPS) is 20.5. The summed E-state index contributed by atoms with van der Waals surface area (Å²) < 4.78 is 23.0. The van der Waals surface area contributed by atoms with Gasteiger partial charge in [-0.15, -0.1) is 0 Å². The Morgan fingerprint density at radius 1 is 1.35 bits per heavy atom. The van der Waals surface area contributed by atoms with E-state index in [1.54, 1.807) is 12.1 Å². The number of nitrogens with one attached hydrogen (secondary N) is 2. The van der Waals surface area contributed by atoms with E-state index in [0.717, 1.165) is 5.56 Å². The highest BCUT2D eigenvalue weighted by Crippen LogP contribution is 2.24. The fraction of sp³-hybridized carbons (Fsp3) is 0.533. The summed E-state index contributed by atoms with van der Waals surface area (Å²) in [5.74, 6) is 1.02. The van der Waals surface area contributed by atoms with Gasteiger partial charge in [-0.2, -0.15) is 0 Å². The molecule has 1 aromatic carbocycles. The van der Waals surface area contributed by atoms with Crippen molar-refractivity contribution in [3.05, 3.63) is 33.8 Å². The van der Waals surface area contributed by atoms with Gasteiger partial charge in [-0.3, -0.25) is 4.99 Å². The van der Waals surface area contributed by atoms with Crippen LogP contribution in [0.3, 0.4) is 0 Å². The van der Waals surface area contributed by atoms with Crippen LogP contribution in [0.5, 0.6) is 0 Å². The molecule has 8 heteroatoms. The molecule has 1 aromatic rings. The van der Waals surface area contributed by atoms with E-state index in [9.17, 15) is 8.42 Å². The molecule has 5 nitrogen and oxygen atoms in total. The number of benzene rings is 1. The molecule has 0 aromatic heterocycles. The third kappa shape index (κ3) is 5.55. The maximum absolute atomic E-state index is 11.5. The Labute approximate surface area is 147 Å². The first-order valence-corrected chi connectivity index (χ1v) is 10.2. The minimum atomic E-state index is -2.91. The molecule has 128 valence electrons. The van der Waals surface area contributed by atoms with Crippen LogP contribution in [0.25, 0.3) is 0 Å². The Balaban J connectivity index is 1.96. The summed E-state index contributed by atoms with van der Waals surface area (Å²) in [5, 5.41) is 7.58. The van der Waals surface area contributed by atoms with Crippen LogP contribution in [-0.4, -0.2) is 45.0 Å². The van der Waals surface area contributed by atoms with Gasteiger partial charge in [0.15, 0.2) is 15.8 Å². The van der Waals surface area contributed by atoms with Crippen LogP contribution in [0, 0.1) is 0 Å². The van der Waals surface area contributed by atoms with Crippen molar-refractivity contribution in [2.24, 2.45) is 4.99 Å². The zero-order chi connectivity index (χ0) is 16.9. The molecular formula is C15H21Cl2N3O2S. The van der Waals surface area contributed by atoms with Crippen LogP contribution < -0.4 is 10.6 Å². The fourth-order valence-electron chi connectivity index (χ4n) is 2.47. The van der Waals surface area contributed by atoms with E-state index in [4.69, 9.17) is 23.2 Å². The highest BCUT2D eigenvalue weighted by molar-refractivity contribution is 7.91. The van der Waals surface area contributed by atoms with Crippen molar-refractivity contribution >= 4 is 39.0 Å². The number of hydrogen-bond acceptors (Lipinski definition) is 3. The standard InChI is InChI=1S/C15H21Cl2N3O2S/c1-2-18-15(20-11-7-9-23(21,22)10-11)19-8-6-12-13(16)4-3-5-14(12)17/h3-5,11H,2,6-10H2,1H3,(H2,18,19,20). The van der Waals surface area contributed by atoms with Gasteiger partial charge in [0.1, 0.15) is 0 Å². The van der Waals surface area contributed by atoms with Crippen LogP contribution >= 0.6 is 23.2 Å². The Kier molecular flexibility index (Phi) is 6.56. The molecule has 1 aliphatic rings. The zero-order valence-corrected chi connectivity index (χ0v) is 15.3. The van der Waals surface area contributed by atoms with Gasteiger partial charge in [-0.1, -0.05) is 29.3 Å². The quantitative estimate of drug-likeness (QED) is 0.609. The number of aliphatic imine (C=N–C) groups is 1. The highest BCUT2D eigenvalue weighted by atomic mass is 35.5.